The van der Waals surface area contributed by atoms with E-state index >= 15 is 0 Å². The summed E-state index contributed by atoms with van der Waals surface area (Å²) in [4.78, 5) is 22.9. The van der Waals surface area contributed by atoms with Crippen molar-refractivity contribution in [2.24, 2.45) is 0 Å². The van der Waals surface area contributed by atoms with Crippen LogP contribution in [0.2, 0.25) is 0 Å². The second kappa shape index (κ2) is 9.49. The number of hydrogen-bond acceptors (Lipinski definition) is 6. The number of aromatic nitrogens is 3. The minimum absolute atomic E-state index is 0.0799. The number of anilines is 1. The Morgan fingerprint density at radius 1 is 1.09 bits per heavy atom. The molecule has 3 aromatic rings. The number of aryl methyl sites for hydroxylation is 3. The molecule has 2 aliphatic rings. The molecule has 0 saturated carbocycles. The molecule has 1 atom stereocenters. The number of carbonyl (C=O) groups excluding carboxylic acids is 1. The quantitative estimate of drug-likeness (QED) is 0.623. The first kappa shape index (κ1) is 21.9. The number of fused-ring (bicyclic) bond motifs is 1. The lowest BCUT2D eigenvalue weighted by molar-refractivity contribution is -0.122. The average molecular weight is 449 g/mol. The van der Waals surface area contributed by atoms with E-state index in [0.29, 0.717) is 11.6 Å². The molecule has 1 fully saturated rings. The van der Waals surface area contributed by atoms with Crippen molar-refractivity contribution in [3.8, 4) is 0 Å². The summed E-state index contributed by atoms with van der Waals surface area (Å²) in [6.45, 7) is 9.44. The average Bonchev–Trinajstić information content (AvgIpc) is 3.38. The van der Waals surface area contributed by atoms with Crippen LogP contribution in [-0.2, 0) is 24.3 Å². The normalized spacial score (nSPS) is 18.1. The maximum atomic E-state index is 13.3. The lowest BCUT2D eigenvalue weighted by atomic mass is 10.0. The summed E-state index contributed by atoms with van der Waals surface area (Å²) in [5.41, 5.74) is 3.51. The number of imidazole rings is 1. The highest BCUT2D eigenvalue weighted by molar-refractivity contribution is 5.94. The molecular weight excluding hydrogens is 416 g/mol. The van der Waals surface area contributed by atoms with Gasteiger partial charge in [-0.3, -0.25) is 14.6 Å². The number of benzene rings is 1. The molecule has 1 amide bonds. The summed E-state index contributed by atoms with van der Waals surface area (Å²) in [7, 11) is 0. The zero-order valence-corrected chi connectivity index (χ0v) is 19.5. The van der Waals surface area contributed by atoms with Crippen LogP contribution in [0.3, 0.4) is 0 Å². The Labute approximate surface area is 194 Å². The Kier molecular flexibility index (Phi) is 6.28. The highest BCUT2D eigenvalue weighted by Gasteiger charge is 2.31. The number of carbonyl (C=O) groups is 1. The second-order valence-corrected chi connectivity index (χ2v) is 9.11. The van der Waals surface area contributed by atoms with Crippen LogP contribution in [0.25, 0.3) is 0 Å². The van der Waals surface area contributed by atoms with Gasteiger partial charge in [0.25, 0.3) is 0 Å². The molecule has 1 unspecified atom stereocenters. The summed E-state index contributed by atoms with van der Waals surface area (Å²) < 4.78 is 7.55. The van der Waals surface area contributed by atoms with E-state index in [4.69, 9.17) is 9.51 Å². The fourth-order valence-corrected chi connectivity index (χ4v) is 5.05. The molecule has 8 heteroatoms. The Bertz CT molecular complexity index is 1100. The van der Waals surface area contributed by atoms with Gasteiger partial charge in [0.05, 0.1) is 11.4 Å². The van der Waals surface area contributed by atoms with E-state index in [1.54, 1.807) is 6.07 Å². The van der Waals surface area contributed by atoms with E-state index in [2.05, 4.69) is 31.8 Å². The molecule has 1 saturated heterocycles. The van der Waals surface area contributed by atoms with Crippen LogP contribution in [-0.4, -0.2) is 56.6 Å². The molecule has 1 aromatic carbocycles. The van der Waals surface area contributed by atoms with Gasteiger partial charge in [0.1, 0.15) is 17.6 Å². The smallest absolute Gasteiger partial charge is 0.247 e. The van der Waals surface area contributed by atoms with Gasteiger partial charge >= 0.3 is 0 Å². The maximum absolute atomic E-state index is 13.3. The second-order valence-electron chi connectivity index (χ2n) is 9.11. The lowest BCUT2D eigenvalue weighted by Crippen LogP contribution is -2.50. The van der Waals surface area contributed by atoms with Gasteiger partial charge in [-0.1, -0.05) is 35.5 Å². The predicted molar refractivity (Wildman–Crippen MR) is 126 cm³/mol. The van der Waals surface area contributed by atoms with Crippen LogP contribution >= 0.6 is 0 Å². The molecule has 5 rings (SSSR count). The van der Waals surface area contributed by atoms with Gasteiger partial charge in [0.15, 0.2) is 5.82 Å². The first-order valence-corrected chi connectivity index (χ1v) is 11.9. The molecule has 0 radical (unpaired) electrons. The Morgan fingerprint density at radius 2 is 1.88 bits per heavy atom. The molecule has 2 aliphatic heterocycles. The van der Waals surface area contributed by atoms with Crippen molar-refractivity contribution in [3.63, 3.8) is 0 Å². The van der Waals surface area contributed by atoms with Crippen molar-refractivity contribution in [2.45, 2.75) is 52.2 Å². The van der Waals surface area contributed by atoms with Crippen molar-refractivity contribution in [1.29, 1.82) is 0 Å². The van der Waals surface area contributed by atoms with Gasteiger partial charge in [-0.15, -0.1) is 0 Å². The van der Waals surface area contributed by atoms with Crippen molar-refractivity contribution in [1.82, 2.24) is 24.5 Å². The minimum Gasteiger partial charge on any atom is -0.360 e. The Hall–Kier alpha value is -2.97. The van der Waals surface area contributed by atoms with Crippen molar-refractivity contribution < 1.29 is 9.32 Å². The summed E-state index contributed by atoms with van der Waals surface area (Å²) in [6, 6.07) is 11.4. The Balaban J connectivity index is 1.28. The van der Waals surface area contributed by atoms with Gasteiger partial charge in [0.2, 0.25) is 5.91 Å². The monoisotopic (exact) mass is 448 g/mol. The third-order valence-electron chi connectivity index (χ3n) is 6.77. The number of rotatable bonds is 6. The summed E-state index contributed by atoms with van der Waals surface area (Å²) in [5.74, 6) is 2.30. The van der Waals surface area contributed by atoms with E-state index in [1.165, 1.54) is 30.1 Å². The zero-order valence-electron chi connectivity index (χ0n) is 19.5. The summed E-state index contributed by atoms with van der Waals surface area (Å²) in [5, 5.41) is 6.87. The fraction of sp³-hybridized carbons (Fsp3) is 0.480. The topological polar surface area (TPSA) is 79.4 Å². The highest BCUT2D eigenvalue weighted by atomic mass is 16.5. The standard InChI is InChI=1S/C25H32N6O2/c1-18-16-22(28-33-18)27-25(32)24(20-8-4-3-5-9-20)30-14-12-29(13-15-30)17-21-19(2)26-23-10-6-7-11-31(21)23/h3-5,8-9,16,24H,6-7,10-15,17H2,1-2H3,(H,27,28,32). The molecule has 8 nitrogen and oxygen atoms in total. The van der Waals surface area contributed by atoms with Crippen LogP contribution in [0, 0.1) is 13.8 Å². The molecule has 0 spiro atoms. The van der Waals surface area contributed by atoms with Gasteiger partial charge in [0, 0.05) is 51.8 Å². The van der Waals surface area contributed by atoms with Crippen LogP contribution < -0.4 is 5.32 Å². The largest absolute Gasteiger partial charge is 0.360 e. The Morgan fingerprint density at radius 3 is 2.61 bits per heavy atom. The SMILES string of the molecule is Cc1cc(NC(=O)C(c2ccccc2)N2CCN(Cc3c(C)nc4n3CCCC4)CC2)no1. The third kappa shape index (κ3) is 4.72. The summed E-state index contributed by atoms with van der Waals surface area (Å²) in [6.07, 6.45) is 3.57. The highest BCUT2D eigenvalue weighted by Crippen LogP contribution is 2.26. The van der Waals surface area contributed by atoms with Crippen LogP contribution in [0.5, 0.6) is 0 Å². The van der Waals surface area contributed by atoms with Gasteiger partial charge in [-0.05, 0) is 32.3 Å². The lowest BCUT2D eigenvalue weighted by Gasteiger charge is -2.38. The van der Waals surface area contributed by atoms with Gasteiger partial charge in [-0.25, -0.2) is 4.98 Å². The summed E-state index contributed by atoms with van der Waals surface area (Å²) >= 11 is 0. The number of amides is 1. The van der Waals surface area contributed by atoms with Gasteiger partial charge in [-0.2, -0.15) is 0 Å². The van der Waals surface area contributed by atoms with E-state index in [1.807, 2.05) is 37.3 Å². The van der Waals surface area contributed by atoms with E-state index < -0.39 is 0 Å². The van der Waals surface area contributed by atoms with E-state index in [0.717, 1.165) is 51.3 Å². The minimum atomic E-state index is -0.366. The van der Waals surface area contributed by atoms with Crippen molar-refractivity contribution in [3.05, 3.63) is 64.9 Å². The predicted octanol–water partition coefficient (Wildman–Crippen LogP) is 3.32. The van der Waals surface area contributed by atoms with E-state index in [-0.39, 0.29) is 11.9 Å². The molecule has 0 bridgehead atoms. The number of hydrogen-bond donors (Lipinski definition) is 1. The number of nitrogens with one attached hydrogen (secondary N) is 1. The third-order valence-corrected chi connectivity index (χ3v) is 6.77. The first-order valence-electron chi connectivity index (χ1n) is 11.9. The molecule has 1 N–H and O–H groups in total. The van der Waals surface area contributed by atoms with E-state index in [9.17, 15) is 4.79 Å². The van der Waals surface area contributed by atoms with Crippen LogP contribution in [0.15, 0.2) is 40.9 Å². The van der Waals surface area contributed by atoms with Crippen LogP contribution in [0.1, 0.15) is 47.4 Å². The van der Waals surface area contributed by atoms with Crippen molar-refractivity contribution in [2.75, 3.05) is 31.5 Å². The van der Waals surface area contributed by atoms with Gasteiger partial charge < -0.3 is 14.4 Å². The zero-order chi connectivity index (χ0) is 22.8. The number of piperazine rings is 1. The maximum Gasteiger partial charge on any atom is 0.247 e. The molecule has 4 heterocycles. The van der Waals surface area contributed by atoms with Crippen LogP contribution in [0.4, 0.5) is 5.82 Å². The molecule has 174 valence electrons. The number of nitrogens with zero attached hydrogens (tertiary/aromatic N) is 5. The molecule has 2 aromatic heterocycles. The first-order chi connectivity index (χ1) is 16.1. The van der Waals surface area contributed by atoms with Crippen molar-refractivity contribution >= 4 is 11.7 Å². The molecular formula is C25H32N6O2. The molecule has 33 heavy (non-hydrogen) atoms. The molecule has 0 aliphatic carbocycles. The fourth-order valence-electron chi connectivity index (χ4n) is 5.05.